The highest BCUT2D eigenvalue weighted by molar-refractivity contribution is 5.78. The van der Waals surface area contributed by atoms with Gasteiger partial charge in [0.05, 0.1) is 20.3 Å². The molecule has 1 amide bonds. The van der Waals surface area contributed by atoms with Gasteiger partial charge in [-0.15, -0.1) is 0 Å². The number of carbonyl (C=O) groups is 1. The maximum absolute atomic E-state index is 13.2. The van der Waals surface area contributed by atoms with Crippen LogP contribution >= 0.6 is 0 Å². The number of rotatable bonds is 8. The van der Waals surface area contributed by atoms with Gasteiger partial charge in [0.1, 0.15) is 5.82 Å². The Morgan fingerprint density at radius 3 is 2.57 bits per heavy atom. The van der Waals surface area contributed by atoms with Crippen LogP contribution in [0.2, 0.25) is 0 Å². The van der Waals surface area contributed by atoms with Crippen LogP contribution in [0.4, 0.5) is 4.39 Å². The Hall–Kier alpha value is -2.64. The zero-order valence-electron chi connectivity index (χ0n) is 15.9. The minimum Gasteiger partial charge on any atom is -0.493 e. The monoisotopic (exact) mass is 388 g/mol. The highest BCUT2D eigenvalue weighted by atomic mass is 19.1. The van der Waals surface area contributed by atoms with Gasteiger partial charge in [-0.25, -0.2) is 4.39 Å². The van der Waals surface area contributed by atoms with Crippen LogP contribution < -0.4 is 14.8 Å². The molecule has 0 atom stereocenters. The summed E-state index contributed by atoms with van der Waals surface area (Å²) in [7, 11) is 1.57. The number of methoxy groups -OCH3 is 1. The number of nitrogens with zero attached hydrogens (tertiary/aromatic N) is 1. The van der Waals surface area contributed by atoms with Gasteiger partial charge in [-0.1, -0.05) is 18.2 Å². The summed E-state index contributed by atoms with van der Waals surface area (Å²) in [6.45, 7) is 3.43. The smallest absolute Gasteiger partial charge is 0.260 e. The third-order valence-corrected chi connectivity index (χ3v) is 4.49. The van der Waals surface area contributed by atoms with Crippen molar-refractivity contribution < 1.29 is 23.4 Å². The van der Waals surface area contributed by atoms with E-state index in [2.05, 4.69) is 5.32 Å². The second kappa shape index (κ2) is 10.1. The predicted octanol–water partition coefficient (Wildman–Crippen LogP) is 2.36. The molecule has 7 heteroatoms. The summed E-state index contributed by atoms with van der Waals surface area (Å²) >= 11 is 0. The highest BCUT2D eigenvalue weighted by Crippen LogP contribution is 2.28. The molecule has 6 nitrogen and oxygen atoms in total. The first-order valence-corrected chi connectivity index (χ1v) is 9.26. The Kier molecular flexibility index (Phi) is 7.22. The first-order chi connectivity index (χ1) is 13.7. The van der Waals surface area contributed by atoms with E-state index in [0.29, 0.717) is 50.9 Å². The van der Waals surface area contributed by atoms with Crippen molar-refractivity contribution in [3.05, 3.63) is 59.4 Å². The van der Waals surface area contributed by atoms with Crippen molar-refractivity contribution in [2.45, 2.75) is 13.1 Å². The maximum Gasteiger partial charge on any atom is 0.260 e. The van der Waals surface area contributed by atoms with Crippen LogP contribution in [0.1, 0.15) is 11.1 Å². The summed E-state index contributed by atoms with van der Waals surface area (Å²) in [5, 5.41) is 3.27. The largest absolute Gasteiger partial charge is 0.493 e. The molecule has 1 saturated heterocycles. The highest BCUT2D eigenvalue weighted by Gasteiger charge is 2.18. The molecule has 0 bridgehead atoms. The number of hydrogen-bond acceptors (Lipinski definition) is 5. The standard InChI is InChI=1S/C21H25FN2O4/c1-26-20-12-17(14-23-13-16-3-2-4-18(22)11-16)5-6-19(20)28-15-21(25)24-7-9-27-10-8-24/h2-6,11-12,23H,7-10,13-15H2,1H3. The lowest BCUT2D eigenvalue weighted by molar-refractivity contribution is -0.137. The second-order valence-electron chi connectivity index (χ2n) is 6.50. The number of nitrogens with one attached hydrogen (secondary N) is 1. The first kappa shape index (κ1) is 20.1. The molecule has 1 aliphatic heterocycles. The van der Waals surface area contributed by atoms with Crippen molar-refractivity contribution in [1.29, 1.82) is 0 Å². The zero-order chi connectivity index (χ0) is 19.8. The minimum absolute atomic E-state index is 0.0342. The molecule has 1 N–H and O–H groups in total. The Labute approximate surface area is 164 Å². The predicted molar refractivity (Wildman–Crippen MR) is 103 cm³/mol. The van der Waals surface area contributed by atoms with Crippen LogP contribution in [0.5, 0.6) is 11.5 Å². The normalized spacial score (nSPS) is 14.0. The summed E-state index contributed by atoms with van der Waals surface area (Å²) in [5.74, 6) is 0.790. The third-order valence-electron chi connectivity index (χ3n) is 4.49. The number of amides is 1. The lowest BCUT2D eigenvalue weighted by atomic mass is 10.2. The molecule has 0 unspecified atom stereocenters. The number of carbonyl (C=O) groups excluding carboxylic acids is 1. The third kappa shape index (κ3) is 5.68. The van der Waals surface area contributed by atoms with E-state index < -0.39 is 0 Å². The van der Waals surface area contributed by atoms with Crippen molar-refractivity contribution in [3.8, 4) is 11.5 Å². The first-order valence-electron chi connectivity index (χ1n) is 9.26. The quantitative estimate of drug-likeness (QED) is 0.752. The summed E-state index contributed by atoms with van der Waals surface area (Å²) in [5.41, 5.74) is 1.88. The van der Waals surface area contributed by atoms with Gasteiger partial charge in [-0.05, 0) is 35.4 Å². The van der Waals surface area contributed by atoms with E-state index in [4.69, 9.17) is 14.2 Å². The molecule has 1 heterocycles. The molecule has 1 aliphatic rings. The van der Waals surface area contributed by atoms with E-state index >= 15 is 0 Å². The molecule has 0 saturated carbocycles. The van der Waals surface area contributed by atoms with Gasteiger partial charge in [0.25, 0.3) is 5.91 Å². The topological polar surface area (TPSA) is 60.0 Å². The van der Waals surface area contributed by atoms with Crippen molar-refractivity contribution in [2.24, 2.45) is 0 Å². The molecular weight excluding hydrogens is 363 g/mol. The van der Waals surface area contributed by atoms with Crippen molar-refractivity contribution in [1.82, 2.24) is 10.2 Å². The van der Waals surface area contributed by atoms with Crippen LogP contribution in [0.3, 0.4) is 0 Å². The van der Waals surface area contributed by atoms with Crippen LogP contribution in [-0.4, -0.2) is 50.8 Å². The number of benzene rings is 2. The van der Waals surface area contributed by atoms with Gasteiger partial charge in [0.2, 0.25) is 0 Å². The fourth-order valence-corrected chi connectivity index (χ4v) is 2.98. The van der Waals surface area contributed by atoms with Gasteiger partial charge < -0.3 is 24.4 Å². The maximum atomic E-state index is 13.2. The average molecular weight is 388 g/mol. The Morgan fingerprint density at radius 2 is 1.86 bits per heavy atom. The Bertz CT molecular complexity index is 794. The average Bonchev–Trinajstić information content (AvgIpc) is 2.73. The SMILES string of the molecule is COc1cc(CNCc2cccc(F)c2)ccc1OCC(=O)N1CCOCC1. The van der Waals surface area contributed by atoms with Gasteiger partial charge in [-0.2, -0.15) is 0 Å². The zero-order valence-corrected chi connectivity index (χ0v) is 15.9. The number of halogens is 1. The van der Waals surface area contributed by atoms with Gasteiger partial charge in [0.15, 0.2) is 18.1 Å². The van der Waals surface area contributed by atoms with Crippen LogP contribution in [0.15, 0.2) is 42.5 Å². The van der Waals surface area contributed by atoms with Crippen molar-refractivity contribution in [2.75, 3.05) is 40.0 Å². The summed E-state index contributed by atoms with van der Waals surface area (Å²) in [6, 6.07) is 12.1. The number of ether oxygens (including phenoxy) is 3. The molecule has 3 rings (SSSR count). The van der Waals surface area contributed by atoms with E-state index in [9.17, 15) is 9.18 Å². The molecule has 0 aromatic heterocycles. The number of morpholine rings is 1. The summed E-state index contributed by atoms with van der Waals surface area (Å²) < 4.78 is 29.5. The molecule has 150 valence electrons. The van der Waals surface area contributed by atoms with Crippen molar-refractivity contribution >= 4 is 5.91 Å². The molecule has 2 aromatic carbocycles. The fraction of sp³-hybridized carbons (Fsp3) is 0.381. The van der Waals surface area contributed by atoms with E-state index in [1.54, 1.807) is 24.1 Å². The molecular formula is C21H25FN2O4. The lowest BCUT2D eigenvalue weighted by Crippen LogP contribution is -2.43. The van der Waals surface area contributed by atoms with Gasteiger partial charge in [-0.3, -0.25) is 4.79 Å². The molecule has 1 fully saturated rings. The minimum atomic E-state index is -0.242. The fourth-order valence-electron chi connectivity index (χ4n) is 2.98. The molecule has 0 aliphatic carbocycles. The van der Waals surface area contributed by atoms with Gasteiger partial charge in [0, 0.05) is 26.2 Å². The lowest BCUT2D eigenvalue weighted by Gasteiger charge is -2.26. The van der Waals surface area contributed by atoms with E-state index in [0.717, 1.165) is 11.1 Å². The number of hydrogen-bond donors (Lipinski definition) is 1. The molecule has 28 heavy (non-hydrogen) atoms. The van der Waals surface area contributed by atoms with E-state index in [1.165, 1.54) is 12.1 Å². The summed E-state index contributed by atoms with van der Waals surface area (Å²) in [4.78, 5) is 13.9. The van der Waals surface area contributed by atoms with Crippen LogP contribution in [-0.2, 0) is 22.6 Å². The van der Waals surface area contributed by atoms with E-state index in [1.807, 2.05) is 18.2 Å². The Morgan fingerprint density at radius 1 is 1.11 bits per heavy atom. The van der Waals surface area contributed by atoms with Crippen molar-refractivity contribution in [3.63, 3.8) is 0 Å². The molecule has 0 radical (unpaired) electrons. The summed E-state index contributed by atoms with van der Waals surface area (Å²) in [6.07, 6.45) is 0. The van der Waals surface area contributed by atoms with Crippen LogP contribution in [0.25, 0.3) is 0 Å². The second-order valence-corrected chi connectivity index (χ2v) is 6.50. The molecule has 2 aromatic rings. The van der Waals surface area contributed by atoms with Crippen LogP contribution in [0, 0.1) is 5.82 Å². The molecule has 0 spiro atoms. The Balaban J connectivity index is 1.52. The van der Waals surface area contributed by atoms with Gasteiger partial charge >= 0.3 is 0 Å². The van der Waals surface area contributed by atoms with E-state index in [-0.39, 0.29) is 18.3 Å².